The highest BCUT2D eigenvalue weighted by atomic mass is 35.5. The van der Waals surface area contributed by atoms with Gasteiger partial charge >= 0.3 is 12.1 Å². The smallest absolute Gasteiger partial charge is 0.416 e. The maximum atomic E-state index is 12.9. The van der Waals surface area contributed by atoms with Gasteiger partial charge in [-0.05, 0) is 49.6 Å². The standard InChI is InChI=1S/C17H14ClF3N2O5S2/c1-8-6-12(13(24)22-16(4-5-16)15(25)26)29-14(8)30(27,28)23-11-7-9(17(19,20)21)2-3-10(11)18/h2-3,6-7,23H,4-5H2,1H3,(H,22,24)(H,25,26). The number of carbonyl (C=O) groups excluding carboxylic acids is 1. The summed E-state index contributed by atoms with van der Waals surface area (Å²) in [7, 11) is -4.37. The molecule has 13 heteroatoms. The number of carboxylic acids is 1. The fourth-order valence-electron chi connectivity index (χ4n) is 2.61. The van der Waals surface area contributed by atoms with Gasteiger partial charge in [-0.1, -0.05) is 11.6 Å². The predicted octanol–water partition coefficient (Wildman–Crippen LogP) is 3.88. The van der Waals surface area contributed by atoms with Crippen LogP contribution in [0, 0.1) is 6.92 Å². The van der Waals surface area contributed by atoms with Gasteiger partial charge in [0, 0.05) is 0 Å². The Kier molecular flexibility index (Phi) is 5.54. The van der Waals surface area contributed by atoms with E-state index >= 15 is 0 Å². The van der Waals surface area contributed by atoms with Gasteiger partial charge in [0.2, 0.25) is 0 Å². The molecule has 1 aliphatic carbocycles. The van der Waals surface area contributed by atoms with Gasteiger partial charge in [-0.2, -0.15) is 13.2 Å². The zero-order chi connectivity index (χ0) is 22.5. The van der Waals surface area contributed by atoms with Crippen LogP contribution in [0.15, 0.2) is 28.5 Å². The molecule has 1 heterocycles. The summed E-state index contributed by atoms with van der Waals surface area (Å²) in [5.74, 6) is -1.93. The Bertz CT molecular complexity index is 1140. The number of alkyl halides is 3. The van der Waals surface area contributed by atoms with Crippen LogP contribution in [-0.2, 0) is 21.0 Å². The number of hydrogen-bond donors (Lipinski definition) is 3. The van der Waals surface area contributed by atoms with E-state index in [1.165, 1.54) is 13.0 Å². The Balaban J connectivity index is 1.87. The number of aliphatic carboxylic acids is 1. The van der Waals surface area contributed by atoms with Crippen LogP contribution in [0.25, 0.3) is 0 Å². The van der Waals surface area contributed by atoms with Crippen LogP contribution < -0.4 is 10.0 Å². The second-order valence-corrected chi connectivity index (χ2v) is 10.1. The van der Waals surface area contributed by atoms with Crippen molar-refractivity contribution in [1.82, 2.24) is 5.32 Å². The summed E-state index contributed by atoms with van der Waals surface area (Å²) >= 11 is 6.40. The zero-order valence-electron chi connectivity index (χ0n) is 15.1. The predicted molar refractivity (Wildman–Crippen MR) is 103 cm³/mol. The Morgan fingerprint density at radius 1 is 1.23 bits per heavy atom. The van der Waals surface area contributed by atoms with Crippen molar-refractivity contribution in [3.8, 4) is 0 Å². The highest BCUT2D eigenvalue weighted by Gasteiger charge is 2.52. The number of carboxylic acid groups (broad SMARTS) is 1. The number of halogens is 4. The van der Waals surface area contributed by atoms with E-state index in [1.54, 1.807) is 0 Å². The van der Waals surface area contributed by atoms with E-state index in [1.807, 2.05) is 4.72 Å². The highest BCUT2D eigenvalue weighted by Crippen LogP contribution is 2.38. The summed E-state index contributed by atoms with van der Waals surface area (Å²) in [4.78, 5) is 23.5. The Labute approximate surface area is 177 Å². The molecule has 162 valence electrons. The number of thiophene rings is 1. The first-order valence-electron chi connectivity index (χ1n) is 8.31. The lowest BCUT2D eigenvalue weighted by atomic mass is 10.2. The largest absolute Gasteiger partial charge is 0.480 e. The van der Waals surface area contributed by atoms with Crippen LogP contribution in [0.4, 0.5) is 18.9 Å². The number of nitrogens with one attached hydrogen (secondary N) is 2. The van der Waals surface area contributed by atoms with Crippen molar-refractivity contribution in [2.45, 2.75) is 35.7 Å². The van der Waals surface area contributed by atoms with Gasteiger partial charge in [0.15, 0.2) is 0 Å². The normalized spacial score (nSPS) is 15.5. The molecule has 1 aliphatic rings. The molecule has 3 N–H and O–H groups in total. The molecule has 30 heavy (non-hydrogen) atoms. The van der Waals surface area contributed by atoms with Crippen molar-refractivity contribution in [3.05, 3.63) is 45.3 Å². The van der Waals surface area contributed by atoms with Crippen LogP contribution in [0.5, 0.6) is 0 Å². The van der Waals surface area contributed by atoms with E-state index in [0.717, 1.165) is 12.1 Å². The summed E-state index contributed by atoms with van der Waals surface area (Å²) in [6.07, 6.45) is -4.17. The van der Waals surface area contributed by atoms with Crippen LogP contribution >= 0.6 is 22.9 Å². The van der Waals surface area contributed by atoms with E-state index in [9.17, 15) is 31.2 Å². The molecule has 1 fully saturated rings. The van der Waals surface area contributed by atoms with E-state index in [-0.39, 0.29) is 32.5 Å². The van der Waals surface area contributed by atoms with Gasteiger partial charge < -0.3 is 10.4 Å². The van der Waals surface area contributed by atoms with Gasteiger partial charge in [0.05, 0.1) is 21.2 Å². The zero-order valence-corrected chi connectivity index (χ0v) is 17.5. The van der Waals surface area contributed by atoms with Crippen LogP contribution in [0.2, 0.25) is 5.02 Å². The van der Waals surface area contributed by atoms with E-state index < -0.39 is 44.9 Å². The lowest BCUT2D eigenvalue weighted by Crippen LogP contribution is -2.42. The van der Waals surface area contributed by atoms with Crippen molar-refractivity contribution in [3.63, 3.8) is 0 Å². The van der Waals surface area contributed by atoms with Crippen molar-refractivity contribution in [2.24, 2.45) is 0 Å². The first kappa shape index (κ1) is 22.4. The molecule has 0 spiro atoms. The molecule has 7 nitrogen and oxygen atoms in total. The minimum Gasteiger partial charge on any atom is -0.480 e. The summed E-state index contributed by atoms with van der Waals surface area (Å²) in [6.45, 7) is 1.40. The molecule has 1 aromatic carbocycles. The fraction of sp³-hybridized carbons (Fsp3) is 0.294. The Hall–Kier alpha value is -2.31. The van der Waals surface area contributed by atoms with Gasteiger partial charge in [-0.3, -0.25) is 9.52 Å². The lowest BCUT2D eigenvalue weighted by Gasteiger charge is -2.12. The average molecular weight is 483 g/mol. The van der Waals surface area contributed by atoms with Gasteiger partial charge in [0.25, 0.3) is 15.9 Å². The summed E-state index contributed by atoms with van der Waals surface area (Å²) in [5, 5.41) is 11.3. The van der Waals surface area contributed by atoms with Gasteiger partial charge in [-0.25, -0.2) is 13.2 Å². The fourth-order valence-corrected chi connectivity index (χ4v) is 5.50. The second-order valence-electron chi connectivity index (χ2n) is 6.72. The molecule has 0 unspecified atom stereocenters. The number of amides is 1. The number of carbonyl (C=O) groups is 2. The monoisotopic (exact) mass is 482 g/mol. The molecule has 1 amide bonds. The van der Waals surface area contributed by atoms with Crippen LogP contribution in [-0.4, -0.2) is 30.9 Å². The quantitative estimate of drug-likeness (QED) is 0.578. The van der Waals surface area contributed by atoms with Crippen molar-refractivity contribution < 1.29 is 36.3 Å². The second kappa shape index (κ2) is 7.43. The number of hydrogen-bond acceptors (Lipinski definition) is 5. The first-order chi connectivity index (χ1) is 13.7. The van der Waals surface area contributed by atoms with E-state index in [0.29, 0.717) is 17.4 Å². The average Bonchev–Trinajstić information content (AvgIpc) is 3.29. The number of benzene rings is 1. The Morgan fingerprint density at radius 3 is 2.40 bits per heavy atom. The maximum Gasteiger partial charge on any atom is 0.416 e. The molecule has 0 bridgehead atoms. The molecule has 0 atom stereocenters. The summed E-state index contributed by atoms with van der Waals surface area (Å²) in [5.41, 5.74) is -2.73. The minimum absolute atomic E-state index is 0.0458. The Morgan fingerprint density at radius 2 is 1.87 bits per heavy atom. The first-order valence-corrected chi connectivity index (χ1v) is 11.0. The SMILES string of the molecule is Cc1cc(C(=O)NC2(C(=O)O)CC2)sc1S(=O)(=O)Nc1cc(C(F)(F)F)ccc1Cl. The van der Waals surface area contributed by atoms with Crippen LogP contribution in [0.1, 0.15) is 33.6 Å². The summed E-state index contributed by atoms with van der Waals surface area (Å²) in [6, 6.07) is 3.47. The van der Waals surface area contributed by atoms with E-state index in [2.05, 4.69) is 5.32 Å². The number of aryl methyl sites for hydroxylation is 1. The lowest BCUT2D eigenvalue weighted by molar-refractivity contribution is -0.140. The summed E-state index contributed by atoms with van der Waals surface area (Å²) < 4.78 is 65.8. The van der Waals surface area contributed by atoms with Crippen molar-refractivity contribution in [2.75, 3.05) is 4.72 Å². The third kappa shape index (κ3) is 4.40. The number of rotatable bonds is 6. The van der Waals surface area contributed by atoms with E-state index in [4.69, 9.17) is 16.7 Å². The molecule has 0 aliphatic heterocycles. The van der Waals surface area contributed by atoms with Gasteiger partial charge in [-0.15, -0.1) is 11.3 Å². The third-order valence-corrected chi connectivity index (χ3v) is 7.96. The molecule has 3 rings (SSSR count). The molecule has 1 saturated carbocycles. The molecule has 0 radical (unpaired) electrons. The molecule has 2 aromatic rings. The van der Waals surface area contributed by atoms with Crippen LogP contribution in [0.3, 0.4) is 0 Å². The molecule has 0 saturated heterocycles. The topological polar surface area (TPSA) is 113 Å². The van der Waals surface area contributed by atoms with Crippen molar-refractivity contribution in [1.29, 1.82) is 0 Å². The van der Waals surface area contributed by atoms with Crippen molar-refractivity contribution >= 4 is 50.5 Å². The van der Waals surface area contributed by atoms with Gasteiger partial charge in [0.1, 0.15) is 9.75 Å². The minimum atomic E-state index is -4.70. The molecule has 1 aromatic heterocycles. The molecular weight excluding hydrogens is 469 g/mol. The number of anilines is 1. The third-order valence-electron chi connectivity index (χ3n) is 4.39. The molecular formula is C17H14ClF3N2O5S2. The highest BCUT2D eigenvalue weighted by molar-refractivity contribution is 7.94. The number of sulfonamides is 1. The maximum absolute atomic E-state index is 12.9.